The van der Waals surface area contributed by atoms with Crippen molar-refractivity contribution in [3.8, 4) is 28.2 Å². The Morgan fingerprint density at radius 3 is 2.06 bits per heavy atom. The maximum atomic E-state index is 12.5. The molecular weight excluding hydrogens is 782 g/mol. The van der Waals surface area contributed by atoms with Crippen LogP contribution in [0.3, 0.4) is 0 Å². The molecule has 0 radical (unpaired) electrons. The standard InChI is InChI=1S/C20H4Br4Cl4O5/c21-5-1-3-7(8-9(20(31)32)13(26)15(28)14(27)12(8)25)4-2-6(22)17(30)11(24)19(4)33-18(3)10(23)16(5)29/h1-2,29H,(H,31,32)/p-2. The van der Waals surface area contributed by atoms with Gasteiger partial charge in [0.25, 0.3) is 0 Å². The van der Waals surface area contributed by atoms with Gasteiger partial charge in [-0.3, -0.25) is 4.79 Å². The van der Waals surface area contributed by atoms with Crippen molar-refractivity contribution in [2.24, 2.45) is 0 Å². The van der Waals surface area contributed by atoms with Crippen molar-refractivity contribution in [2.75, 3.05) is 0 Å². The van der Waals surface area contributed by atoms with E-state index in [-0.39, 0.29) is 71.4 Å². The smallest absolute Gasteiger partial charge is 0.210 e. The van der Waals surface area contributed by atoms with Crippen LogP contribution in [0.5, 0.6) is 5.75 Å². The highest BCUT2D eigenvalue weighted by Gasteiger charge is 2.30. The minimum Gasteiger partial charge on any atom is -0.871 e. The number of aromatic carboxylic acids is 1. The number of benzene rings is 3. The molecule has 0 aromatic heterocycles. The Balaban J connectivity index is 2.43. The Bertz CT molecular complexity index is 1570. The number of halogens is 8. The van der Waals surface area contributed by atoms with E-state index in [1.165, 1.54) is 12.1 Å². The van der Waals surface area contributed by atoms with Crippen LogP contribution in [-0.4, -0.2) is 5.97 Å². The molecule has 5 nitrogen and oxygen atoms in total. The second-order valence-electron chi connectivity index (χ2n) is 6.53. The number of fused-ring (bicyclic) bond motifs is 2. The van der Waals surface area contributed by atoms with E-state index in [9.17, 15) is 19.8 Å². The number of carbonyl (C=O) groups is 1. The van der Waals surface area contributed by atoms with E-state index in [0.717, 1.165) is 0 Å². The van der Waals surface area contributed by atoms with Crippen LogP contribution in [0.1, 0.15) is 10.4 Å². The molecule has 0 fully saturated rings. The lowest BCUT2D eigenvalue weighted by atomic mass is 9.90. The molecule has 0 saturated carbocycles. The number of carboxylic acids is 1. The third-order valence-corrected chi connectivity index (χ3v) is 9.15. The molecule has 1 heterocycles. The molecule has 13 heteroatoms. The first kappa shape index (κ1) is 25.6. The molecular formula is C20H2Br4Cl4O5-2. The Labute approximate surface area is 238 Å². The van der Waals surface area contributed by atoms with Crippen molar-refractivity contribution in [2.45, 2.75) is 0 Å². The Kier molecular flexibility index (Phi) is 7.10. The van der Waals surface area contributed by atoms with E-state index in [4.69, 9.17) is 50.8 Å². The van der Waals surface area contributed by atoms with Crippen molar-refractivity contribution in [1.29, 1.82) is 0 Å². The van der Waals surface area contributed by atoms with E-state index in [1.54, 1.807) is 0 Å². The first-order chi connectivity index (χ1) is 15.4. The lowest BCUT2D eigenvalue weighted by molar-refractivity contribution is -0.270. The minimum absolute atomic E-state index is 0.0228. The van der Waals surface area contributed by atoms with Crippen LogP contribution in [0.25, 0.3) is 33.4 Å². The van der Waals surface area contributed by atoms with Gasteiger partial charge in [-0.1, -0.05) is 68.1 Å². The summed E-state index contributed by atoms with van der Waals surface area (Å²) in [6.45, 7) is 0. The lowest BCUT2D eigenvalue weighted by Crippen LogP contribution is -2.24. The molecule has 0 amide bonds. The average molecular weight is 784 g/mol. The molecule has 0 spiro atoms. The van der Waals surface area contributed by atoms with Crippen molar-refractivity contribution in [3.63, 3.8) is 0 Å². The number of hydrogen-bond donors (Lipinski definition) is 0. The molecule has 1 aliphatic heterocycles. The zero-order valence-corrected chi connectivity index (χ0v) is 24.6. The van der Waals surface area contributed by atoms with Crippen LogP contribution in [-0.2, 0) is 0 Å². The lowest BCUT2D eigenvalue weighted by Gasteiger charge is -2.24. The summed E-state index contributed by atoms with van der Waals surface area (Å²) in [7, 11) is 0. The monoisotopic (exact) mass is 778 g/mol. The molecule has 33 heavy (non-hydrogen) atoms. The SMILES string of the molecule is O=C([O-])c1c(Cl)c(Cl)c(Cl)c(Cl)c1-c1c2cc(Br)c(=O)c(Br)c-2oc2c(Br)c([O-])c(Br)cc12. The first-order valence-electron chi connectivity index (χ1n) is 8.39. The second kappa shape index (κ2) is 9.17. The van der Waals surface area contributed by atoms with Crippen molar-refractivity contribution >= 4 is 127 Å². The van der Waals surface area contributed by atoms with Gasteiger partial charge in [0, 0.05) is 32.1 Å². The maximum Gasteiger partial charge on any atom is 0.210 e. The quantitative estimate of drug-likeness (QED) is 0.118. The minimum atomic E-state index is -1.67. The number of carboxylic acid groups (broad SMARTS) is 1. The molecule has 2 aromatic carbocycles. The molecule has 0 saturated heterocycles. The largest absolute Gasteiger partial charge is 0.871 e. The summed E-state index contributed by atoms with van der Waals surface area (Å²) in [5, 5.41) is 23.9. The molecule has 0 atom stereocenters. The normalized spacial score (nSPS) is 11.5. The first-order valence-corrected chi connectivity index (χ1v) is 13.1. The van der Waals surface area contributed by atoms with Gasteiger partial charge in [0.1, 0.15) is 10.1 Å². The molecule has 4 rings (SSSR count). The Morgan fingerprint density at radius 2 is 1.45 bits per heavy atom. The van der Waals surface area contributed by atoms with Gasteiger partial charge in [-0.25, -0.2) is 0 Å². The summed E-state index contributed by atoms with van der Waals surface area (Å²) in [5.74, 6) is -2.09. The van der Waals surface area contributed by atoms with Crippen LogP contribution in [0, 0.1) is 0 Å². The van der Waals surface area contributed by atoms with Gasteiger partial charge in [0.2, 0.25) is 5.43 Å². The van der Waals surface area contributed by atoms with E-state index < -0.39 is 22.7 Å². The van der Waals surface area contributed by atoms with Gasteiger partial charge >= 0.3 is 0 Å². The van der Waals surface area contributed by atoms with Crippen molar-refractivity contribution in [3.05, 3.63) is 65.9 Å². The second-order valence-corrected chi connectivity index (χ2v) is 11.3. The highest BCUT2D eigenvalue weighted by atomic mass is 79.9. The van der Waals surface area contributed by atoms with Gasteiger partial charge in [-0.2, -0.15) is 0 Å². The molecule has 0 N–H and O–H groups in total. The molecule has 2 aliphatic rings. The molecule has 0 unspecified atom stereocenters. The van der Waals surface area contributed by atoms with Crippen LogP contribution in [0.2, 0.25) is 20.1 Å². The number of hydrogen-bond acceptors (Lipinski definition) is 5. The highest BCUT2D eigenvalue weighted by molar-refractivity contribution is 9.11. The van der Waals surface area contributed by atoms with E-state index in [0.29, 0.717) is 0 Å². The highest BCUT2D eigenvalue weighted by Crippen LogP contribution is 2.53. The third kappa shape index (κ3) is 3.93. The fourth-order valence-electron chi connectivity index (χ4n) is 3.31. The van der Waals surface area contributed by atoms with Gasteiger partial charge in [0.15, 0.2) is 5.76 Å². The summed E-state index contributed by atoms with van der Waals surface area (Å²) in [6, 6.07) is 2.86. The van der Waals surface area contributed by atoms with Gasteiger partial charge in [-0.05, 0) is 59.9 Å². The van der Waals surface area contributed by atoms with E-state index >= 15 is 0 Å². The fourth-order valence-corrected chi connectivity index (χ4v) is 6.74. The summed E-state index contributed by atoms with van der Waals surface area (Å²) in [5.41, 5.74) is -0.643. The van der Waals surface area contributed by atoms with Crippen molar-refractivity contribution in [1.82, 2.24) is 0 Å². The van der Waals surface area contributed by atoms with Gasteiger partial charge < -0.3 is 19.4 Å². The maximum absolute atomic E-state index is 12.5. The molecule has 0 bridgehead atoms. The summed E-state index contributed by atoms with van der Waals surface area (Å²) < 4.78 is 6.27. The van der Waals surface area contributed by atoms with Gasteiger partial charge in [0.05, 0.1) is 35.0 Å². The zero-order valence-electron chi connectivity index (χ0n) is 15.2. The molecule has 2 aromatic rings. The van der Waals surface area contributed by atoms with Crippen LogP contribution in [0.4, 0.5) is 0 Å². The predicted octanol–water partition coefficient (Wildman–Crippen LogP) is 7.67. The predicted molar refractivity (Wildman–Crippen MR) is 139 cm³/mol. The Hall–Kier alpha value is -0.520. The molecule has 1 aliphatic carbocycles. The topological polar surface area (TPSA) is 93.4 Å². The Morgan fingerprint density at radius 1 is 0.848 bits per heavy atom. The average Bonchev–Trinajstić information content (AvgIpc) is 2.76. The zero-order chi connectivity index (χ0) is 24.5. The van der Waals surface area contributed by atoms with Crippen LogP contribution < -0.4 is 15.6 Å². The fraction of sp³-hybridized carbons (Fsp3) is 0. The number of rotatable bonds is 2. The third-order valence-electron chi connectivity index (χ3n) is 4.73. The summed E-state index contributed by atoms with van der Waals surface area (Å²) >= 11 is 37.9. The summed E-state index contributed by atoms with van der Waals surface area (Å²) in [6.07, 6.45) is 0. The van der Waals surface area contributed by atoms with Crippen LogP contribution in [0.15, 0.2) is 39.2 Å². The van der Waals surface area contributed by atoms with E-state index in [1.807, 2.05) is 0 Å². The molecule has 170 valence electrons. The van der Waals surface area contributed by atoms with E-state index in [2.05, 4.69) is 63.7 Å². The van der Waals surface area contributed by atoms with Gasteiger partial charge in [-0.15, -0.1) is 0 Å². The summed E-state index contributed by atoms with van der Waals surface area (Å²) in [4.78, 5) is 24.7. The van der Waals surface area contributed by atoms with Crippen molar-refractivity contribution < 1.29 is 19.4 Å². The van der Waals surface area contributed by atoms with Crippen LogP contribution >= 0.6 is 110 Å². The number of carbonyl (C=O) groups excluding carboxylic acids is 1.